The summed E-state index contributed by atoms with van der Waals surface area (Å²) in [6.45, 7) is 1.71. The highest BCUT2D eigenvalue weighted by Gasteiger charge is 2.43. The summed E-state index contributed by atoms with van der Waals surface area (Å²) < 4.78 is 43.0. The van der Waals surface area contributed by atoms with Crippen LogP contribution in [0.15, 0.2) is 16.7 Å². The Morgan fingerprint density at radius 1 is 1.50 bits per heavy atom. The number of likely N-dealkylation sites (tertiary alicyclic amines) is 1. The van der Waals surface area contributed by atoms with Gasteiger partial charge < -0.3 is 9.73 Å². The second-order valence-corrected chi connectivity index (χ2v) is 4.66. The third-order valence-corrected chi connectivity index (χ3v) is 3.30. The summed E-state index contributed by atoms with van der Waals surface area (Å²) in [7, 11) is 1.81. The normalized spacial score (nSPS) is 21.7. The zero-order valence-corrected chi connectivity index (χ0v) is 10.3. The molecule has 1 saturated heterocycles. The molecule has 2 heterocycles. The van der Waals surface area contributed by atoms with Crippen molar-refractivity contribution >= 4 is 0 Å². The number of hydrogen-bond acceptors (Lipinski definition) is 3. The van der Waals surface area contributed by atoms with E-state index in [0.717, 1.165) is 11.3 Å². The van der Waals surface area contributed by atoms with Crippen molar-refractivity contribution in [2.24, 2.45) is 5.92 Å². The van der Waals surface area contributed by atoms with Gasteiger partial charge in [-0.15, -0.1) is 0 Å². The molecule has 1 atom stereocenters. The molecule has 102 valence electrons. The van der Waals surface area contributed by atoms with E-state index in [9.17, 15) is 13.2 Å². The second-order valence-electron chi connectivity index (χ2n) is 4.66. The predicted molar refractivity (Wildman–Crippen MR) is 60.9 cm³/mol. The Kier molecular flexibility index (Phi) is 3.97. The third kappa shape index (κ3) is 3.05. The highest BCUT2D eigenvalue weighted by atomic mass is 19.4. The molecule has 1 aromatic heterocycles. The van der Waals surface area contributed by atoms with Crippen molar-refractivity contribution in [1.82, 2.24) is 10.2 Å². The lowest BCUT2D eigenvalue weighted by Crippen LogP contribution is -2.27. The zero-order chi connectivity index (χ0) is 13.2. The number of furan rings is 1. The lowest BCUT2D eigenvalue weighted by molar-refractivity contribution is -0.170. The first-order valence-corrected chi connectivity index (χ1v) is 5.99. The molecule has 1 aliphatic heterocycles. The maximum absolute atomic E-state index is 12.6. The van der Waals surface area contributed by atoms with Crippen LogP contribution >= 0.6 is 0 Å². The number of hydrogen-bond donors (Lipinski definition) is 1. The summed E-state index contributed by atoms with van der Waals surface area (Å²) in [5.41, 5.74) is 0.965. The number of nitrogens with zero attached hydrogens (tertiary/aromatic N) is 1. The van der Waals surface area contributed by atoms with Crippen molar-refractivity contribution in [3.63, 3.8) is 0 Å². The molecule has 6 heteroatoms. The van der Waals surface area contributed by atoms with Crippen LogP contribution in [0.4, 0.5) is 13.2 Å². The smallest absolute Gasteiger partial charge is 0.393 e. The van der Waals surface area contributed by atoms with Gasteiger partial charge in [-0.2, -0.15) is 13.2 Å². The molecule has 0 amide bonds. The minimum absolute atomic E-state index is 0.0909. The van der Waals surface area contributed by atoms with E-state index in [-0.39, 0.29) is 13.0 Å². The van der Waals surface area contributed by atoms with Gasteiger partial charge in [-0.25, -0.2) is 0 Å². The van der Waals surface area contributed by atoms with Gasteiger partial charge in [0.25, 0.3) is 0 Å². The van der Waals surface area contributed by atoms with Crippen LogP contribution in [0.5, 0.6) is 0 Å². The fraction of sp³-hybridized carbons (Fsp3) is 0.667. The van der Waals surface area contributed by atoms with E-state index in [1.165, 1.54) is 0 Å². The molecule has 0 bridgehead atoms. The molecule has 0 aromatic carbocycles. The van der Waals surface area contributed by atoms with Crippen molar-refractivity contribution in [3.05, 3.63) is 23.7 Å². The Balaban J connectivity index is 1.93. The highest BCUT2D eigenvalue weighted by Crippen LogP contribution is 2.34. The summed E-state index contributed by atoms with van der Waals surface area (Å²) >= 11 is 0. The van der Waals surface area contributed by atoms with E-state index < -0.39 is 12.1 Å². The Morgan fingerprint density at radius 3 is 2.89 bits per heavy atom. The topological polar surface area (TPSA) is 28.4 Å². The quantitative estimate of drug-likeness (QED) is 0.903. The van der Waals surface area contributed by atoms with Crippen LogP contribution in [0.3, 0.4) is 0 Å². The number of nitrogens with one attached hydrogen (secondary N) is 1. The van der Waals surface area contributed by atoms with E-state index in [2.05, 4.69) is 5.32 Å². The predicted octanol–water partition coefficient (Wildman–Crippen LogP) is 2.38. The van der Waals surface area contributed by atoms with E-state index in [0.29, 0.717) is 19.6 Å². The lowest BCUT2D eigenvalue weighted by atomic mass is 10.1. The minimum atomic E-state index is -4.07. The first kappa shape index (κ1) is 13.4. The molecule has 1 unspecified atom stereocenters. The molecule has 1 N–H and O–H groups in total. The van der Waals surface area contributed by atoms with Crippen LogP contribution in [-0.2, 0) is 13.1 Å². The van der Waals surface area contributed by atoms with Gasteiger partial charge in [0.1, 0.15) is 5.76 Å². The van der Waals surface area contributed by atoms with Crippen LogP contribution in [0, 0.1) is 5.92 Å². The van der Waals surface area contributed by atoms with Crippen molar-refractivity contribution < 1.29 is 17.6 Å². The summed E-state index contributed by atoms with van der Waals surface area (Å²) in [5, 5.41) is 2.98. The van der Waals surface area contributed by atoms with Gasteiger partial charge in [0.05, 0.1) is 18.7 Å². The molecule has 0 radical (unpaired) electrons. The zero-order valence-electron chi connectivity index (χ0n) is 10.3. The summed E-state index contributed by atoms with van der Waals surface area (Å²) in [6.07, 6.45) is -2.29. The highest BCUT2D eigenvalue weighted by molar-refractivity contribution is 5.17. The molecule has 0 saturated carbocycles. The van der Waals surface area contributed by atoms with Crippen molar-refractivity contribution in [3.8, 4) is 0 Å². The Labute approximate surface area is 104 Å². The van der Waals surface area contributed by atoms with Crippen molar-refractivity contribution in [1.29, 1.82) is 0 Å². The van der Waals surface area contributed by atoms with Gasteiger partial charge in [0.15, 0.2) is 0 Å². The fourth-order valence-corrected chi connectivity index (χ4v) is 2.31. The molecular weight excluding hydrogens is 245 g/mol. The number of rotatable bonds is 4. The first-order valence-electron chi connectivity index (χ1n) is 5.99. The van der Waals surface area contributed by atoms with Crippen LogP contribution in [-0.4, -0.2) is 31.2 Å². The van der Waals surface area contributed by atoms with Gasteiger partial charge in [-0.05, 0) is 26.1 Å². The van der Waals surface area contributed by atoms with Gasteiger partial charge in [-0.3, -0.25) is 4.90 Å². The molecule has 1 aliphatic rings. The molecule has 18 heavy (non-hydrogen) atoms. The fourth-order valence-electron chi connectivity index (χ4n) is 2.31. The molecule has 0 aliphatic carbocycles. The Morgan fingerprint density at radius 2 is 2.28 bits per heavy atom. The second kappa shape index (κ2) is 5.32. The van der Waals surface area contributed by atoms with Gasteiger partial charge >= 0.3 is 6.18 Å². The molecule has 3 nitrogen and oxygen atoms in total. The minimum Gasteiger partial charge on any atom is -0.468 e. The van der Waals surface area contributed by atoms with Crippen LogP contribution < -0.4 is 5.32 Å². The maximum Gasteiger partial charge on any atom is 0.393 e. The summed E-state index contributed by atoms with van der Waals surface area (Å²) in [6, 6.07) is 1.83. The maximum atomic E-state index is 12.6. The molecular formula is C12H17F3N2O. The van der Waals surface area contributed by atoms with E-state index in [1.54, 1.807) is 6.26 Å². The Hall–Kier alpha value is -1.01. The lowest BCUT2D eigenvalue weighted by Gasteiger charge is -2.17. The average molecular weight is 262 g/mol. The summed E-state index contributed by atoms with van der Waals surface area (Å²) in [4.78, 5) is 1.84. The van der Waals surface area contributed by atoms with Gasteiger partial charge in [0.2, 0.25) is 0 Å². The van der Waals surface area contributed by atoms with Crippen molar-refractivity contribution in [2.45, 2.75) is 25.7 Å². The molecule has 1 aromatic rings. The third-order valence-electron chi connectivity index (χ3n) is 3.30. The van der Waals surface area contributed by atoms with E-state index in [1.807, 2.05) is 18.0 Å². The first-order chi connectivity index (χ1) is 8.50. The number of halogens is 3. The molecule has 1 fully saturated rings. The van der Waals surface area contributed by atoms with E-state index >= 15 is 0 Å². The van der Waals surface area contributed by atoms with Crippen LogP contribution in [0.1, 0.15) is 17.7 Å². The molecule has 2 rings (SSSR count). The van der Waals surface area contributed by atoms with Crippen LogP contribution in [0.2, 0.25) is 0 Å². The largest absolute Gasteiger partial charge is 0.468 e. The molecule has 0 spiro atoms. The van der Waals surface area contributed by atoms with Crippen LogP contribution in [0.25, 0.3) is 0 Å². The Bertz CT molecular complexity index is 389. The summed E-state index contributed by atoms with van der Waals surface area (Å²) in [5.74, 6) is -0.384. The SMILES string of the molecule is CNCc1occc1CN1CCC(C(F)(F)F)C1. The monoisotopic (exact) mass is 262 g/mol. The van der Waals surface area contributed by atoms with Gasteiger partial charge in [-0.1, -0.05) is 0 Å². The van der Waals surface area contributed by atoms with Crippen molar-refractivity contribution in [2.75, 3.05) is 20.1 Å². The average Bonchev–Trinajstić information content (AvgIpc) is 2.89. The standard InChI is InChI=1S/C12H17F3N2O/c1-16-6-11-9(3-5-18-11)7-17-4-2-10(8-17)12(13,14)15/h3,5,10,16H,2,4,6-8H2,1H3. The number of alkyl halides is 3. The van der Waals surface area contributed by atoms with E-state index in [4.69, 9.17) is 4.42 Å². The van der Waals surface area contributed by atoms with Gasteiger partial charge in [0, 0.05) is 18.7 Å².